The van der Waals surface area contributed by atoms with Crippen LogP contribution in [-0.2, 0) is 4.79 Å². The number of hydrogen-bond acceptors (Lipinski definition) is 3. The predicted octanol–water partition coefficient (Wildman–Crippen LogP) is 4.01. The van der Waals surface area contributed by atoms with E-state index in [0.717, 1.165) is 44.6 Å². The fourth-order valence-electron chi connectivity index (χ4n) is 3.08. The molecule has 0 atom stereocenters. The van der Waals surface area contributed by atoms with Gasteiger partial charge in [-0.05, 0) is 69.0 Å². The Morgan fingerprint density at radius 2 is 1.73 bits per heavy atom. The Labute approximate surface area is 176 Å². The van der Waals surface area contributed by atoms with Crippen molar-refractivity contribution in [1.82, 2.24) is 4.90 Å². The molecule has 1 saturated heterocycles. The number of aliphatic imine (C=N–C) groups is 2. The first-order valence-corrected chi connectivity index (χ1v) is 10.2. The number of halogens is 1. The first-order valence-electron chi connectivity index (χ1n) is 10.2. The summed E-state index contributed by atoms with van der Waals surface area (Å²) in [7, 11) is 0. The van der Waals surface area contributed by atoms with Crippen molar-refractivity contribution in [2.24, 2.45) is 21.6 Å². The van der Waals surface area contributed by atoms with E-state index < -0.39 is 0 Å². The summed E-state index contributed by atoms with van der Waals surface area (Å²) in [6.45, 7) is 3.92. The summed E-state index contributed by atoms with van der Waals surface area (Å²) >= 11 is 0. The van der Waals surface area contributed by atoms with Crippen LogP contribution in [0.5, 0.6) is 5.75 Å². The molecule has 2 fully saturated rings. The van der Waals surface area contributed by atoms with Gasteiger partial charge in [-0.15, -0.1) is 0 Å². The molecular formula is C23H27FN4O2. The fraction of sp³-hybridized carbons (Fsp3) is 0.348. The SMILES string of the molecule is CC(=NC(=Nc1ccc(F)cc1)c1ccccc1O)N1CCCC1.NC(=O)C1CC1. The molecule has 0 radical (unpaired) electrons. The van der Waals surface area contributed by atoms with Crippen LogP contribution in [0.15, 0.2) is 58.5 Å². The molecular weight excluding hydrogens is 383 g/mol. The highest BCUT2D eigenvalue weighted by Gasteiger charge is 2.26. The zero-order valence-corrected chi connectivity index (χ0v) is 17.1. The van der Waals surface area contributed by atoms with Crippen molar-refractivity contribution < 1.29 is 14.3 Å². The van der Waals surface area contributed by atoms with E-state index in [9.17, 15) is 14.3 Å². The molecule has 4 rings (SSSR count). The van der Waals surface area contributed by atoms with Crippen LogP contribution in [0.4, 0.5) is 10.1 Å². The van der Waals surface area contributed by atoms with E-state index in [1.807, 2.05) is 13.0 Å². The smallest absolute Gasteiger partial charge is 0.220 e. The van der Waals surface area contributed by atoms with Crippen molar-refractivity contribution in [3.8, 4) is 5.75 Å². The number of hydrogen-bond donors (Lipinski definition) is 2. The van der Waals surface area contributed by atoms with Gasteiger partial charge < -0.3 is 15.7 Å². The second-order valence-corrected chi connectivity index (χ2v) is 7.46. The number of carbonyl (C=O) groups is 1. The van der Waals surface area contributed by atoms with Crippen LogP contribution in [-0.4, -0.2) is 40.7 Å². The lowest BCUT2D eigenvalue weighted by molar-refractivity contribution is -0.119. The van der Waals surface area contributed by atoms with Crippen LogP contribution in [0.1, 0.15) is 38.2 Å². The molecule has 0 bridgehead atoms. The number of phenols is 1. The van der Waals surface area contributed by atoms with E-state index in [-0.39, 0.29) is 23.4 Å². The molecule has 6 nitrogen and oxygen atoms in total. The van der Waals surface area contributed by atoms with Crippen LogP contribution >= 0.6 is 0 Å². The third-order valence-corrected chi connectivity index (χ3v) is 5.02. The van der Waals surface area contributed by atoms with Gasteiger partial charge in [0.25, 0.3) is 0 Å². The summed E-state index contributed by atoms with van der Waals surface area (Å²) in [5, 5.41) is 10.2. The van der Waals surface area contributed by atoms with E-state index in [2.05, 4.69) is 14.9 Å². The molecule has 1 heterocycles. The third-order valence-electron chi connectivity index (χ3n) is 5.02. The minimum atomic E-state index is -0.310. The van der Waals surface area contributed by atoms with Gasteiger partial charge in [-0.3, -0.25) is 4.79 Å². The molecule has 7 heteroatoms. The Hall–Kier alpha value is -3.22. The standard InChI is InChI=1S/C19H20FN3O.C4H7NO/c1-14(23-12-4-5-13-23)21-19(17-6-2-3-7-18(17)24)22-16-10-8-15(20)9-11-16;5-4(6)3-1-2-3/h2-3,6-11,24H,4-5,12-13H2,1H3;3H,1-2H2,(H2,5,6). The summed E-state index contributed by atoms with van der Waals surface area (Å²) in [4.78, 5) is 21.4. The maximum absolute atomic E-state index is 13.1. The fourth-order valence-corrected chi connectivity index (χ4v) is 3.08. The average Bonchev–Trinajstić information content (AvgIpc) is 3.45. The van der Waals surface area contributed by atoms with Crippen molar-refractivity contribution in [3.05, 3.63) is 59.9 Å². The molecule has 0 aromatic heterocycles. The van der Waals surface area contributed by atoms with Gasteiger partial charge in [0.2, 0.25) is 5.91 Å². The number of aromatic hydroxyl groups is 1. The molecule has 0 unspecified atom stereocenters. The largest absolute Gasteiger partial charge is 0.507 e. The molecule has 1 aliphatic carbocycles. The molecule has 0 spiro atoms. The second kappa shape index (κ2) is 10.0. The van der Waals surface area contributed by atoms with E-state index >= 15 is 0 Å². The Morgan fingerprint density at radius 3 is 2.27 bits per heavy atom. The zero-order chi connectivity index (χ0) is 21.5. The Morgan fingerprint density at radius 1 is 1.10 bits per heavy atom. The number of nitrogens with zero attached hydrogens (tertiary/aromatic N) is 3. The highest BCUT2D eigenvalue weighted by atomic mass is 19.1. The number of amidine groups is 2. The quantitative estimate of drug-likeness (QED) is 0.592. The molecule has 1 amide bonds. The van der Waals surface area contributed by atoms with E-state index in [1.165, 1.54) is 12.1 Å². The van der Waals surface area contributed by atoms with Crippen molar-refractivity contribution in [1.29, 1.82) is 0 Å². The molecule has 3 N–H and O–H groups in total. The summed E-state index contributed by atoms with van der Waals surface area (Å²) in [6.07, 6.45) is 4.37. The number of carbonyl (C=O) groups excluding carboxylic acids is 1. The molecule has 2 aliphatic rings. The van der Waals surface area contributed by atoms with Crippen molar-refractivity contribution in [3.63, 3.8) is 0 Å². The van der Waals surface area contributed by atoms with Crippen LogP contribution in [0.2, 0.25) is 0 Å². The van der Waals surface area contributed by atoms with Gasteiger partial charge in [0.05, 0.1) is 11.3 Å². The summed E-state index contributed by atoms with van der Waals surface area (Å²) in [5.74, 6) is 1.21. The average molecular weight is 410 g/mol. The number of rotatable bonds is 3. The van der Waals surface area contributed by atoms with Gasteiger partial charge in [-0.25, -0.2) is 14.4 Å². The van der Waals surface area contributed by atoms with Crippen LogP contribution in [0.3, 0.4) is 0 Å². The van der Waals surface area contributed by atoms with Crippen molar-refractivity contribution in [2.75, 3.05) is 13.1 Å². The number of phenolic OH excluding ortho intramolecular Hbond substituents is 1. The van der Waals surface area contributed by atoms with Gasteiger partial charge in [-0.2, -0.15) is 0 Å². The lowest BCUT2D eigenvalue weighted by Gasteiger charge is -2.17. The highest BCUT2D eigenvalue weighted by molar-refractivity contribution is 6.08. The number of para-hydroxylation sites is 1. The molecule has 30 heavy (non-hydrogen) atoms. The Bertz CT molecular complexity index is 930. The van der Waals surface area contributed by atoms with Gasteiger partial charge in [0, 0.05) is 19.0 Å². The lowest BCUT2D eigenvalue weighted by atomic mass is 10.2. The minimum Gasteiger partial charge on any atom is -0.507 e. The maximum Gasteiger partial charge on any atom is 0.220 e. The van der Waals surface area contributed by atoms with Crippen LogP contribution in [0, 0.1) is 11.7 Å². The summed E-state index contributed by atoms with van der Waals surface area (Å²) in [5.41, 5.74) is 6.01. The zero-order valence-electron chi connectivity index (χ0n) is 17.1. The van der Waals surface area contributed by atoms with Gasteiger partial charge in [0.15, 0.2) is 5.84 Å². The first kappa shape index (κ1) is 21.5. The number of benzene rings is 2. The molecule has 1 saturated carbocycles. The molecule has 158 valence electrons. The van der Waals surface area contributed by atoms with E-state index in [4.69, 9.17) is 5.73 Å². The van der Waals surface area contributed by atoms with Crippen LogP contribution in [0.25, 0.3) is 0 Å². The maximum atomic E-state index is 13.1. The monoisotopic (exact) mass is 410 g/mol. The van der Waals surface area contributed by atoms with Gasteiger partial charge >= 0.3 is 0 Å². The topological polar surface area (TPSA) is 91.3 Å². The highest BCUT2D eigenvalue weighted by Crippen LogP contribution is 2.27. The lowest BCUT2D eigenvalue weighted by Crippen LogP contribution is -2.26. The Balaban J connectivity index is 0.000000367. The van der Waals surface area contributed by atoms with Gasteiger partial charge in [-0.1, -0.05) is 12.1 Å². The Kier molecular flexibility index (Phi) is 7.17. The van der Waals surface area contributed by atoms with E-state index in [1.54, 1.807) is 30.3 Å². The van der Waals surface area contributed by atoms with Crippen LogP contribution < -0.4 is 5.73 Å². The number of primary amides is 1. The second-order valence-electron chi connectivity index (χ2n) is 7.46. The summed E-state index contributed by atoms with van der Waals surface area (Å²) in [6, 6.07) is 12.9. The summed E-state index contributed by atoms with van der Waals surface area (Å²) < 4.78 is 13.1. The molecule has 1 aliphatic heterocycles. The molecule has 2 aromatic carbocycles. The third kappa shape index (κ3) is 6.14. The minimum absolute atomic E-state index is 0.122. The van der Waals surface area contributed by atoms with E-state index in [0.29, 0.717) is 17.1 Å². The number of likely N-dealkylation sites (tertiary alicyclic amines) is 1. The van der Waals surface area contributed by atoms with Gasteiger partial charge in [0.1, 0.15) is 17.4 Å². The normalized spacial score (nSPS) is 16.8. The number of nitrogens with two attached hydrogens (primary N) is 1. The first-order chi connectivity index (χ1) is 14.4. The van der Waals surface area contributed by atoms with Crippen molar-refractivity contribution in [2.45, 2.75) is 32.6 Å². The number of amides is 1. The predicted molar refractivity (Wildman–Crippen MR) is 117 cm³/mol. The molecule has 2 aromatic rings. The van der Waals surface area contributed by atoms with Crippen molar-refractivity contribution >= 4 is 23.3 Å².